The van der Waals surface area contributed by atoms with E-state index >= 15 is 0 Å². The van der Waals surface area contributed by atoms with Gasteiger partial charge in [-0.15, -0.1) is 11.6 Å². The zero-order valence-electron chi connectivity index (χ0n) is 11.5. The molecule has 1 aromatic heterocycles. The first-order valence-corrected chi connectivity index (χ1v) is 6.90. The average Bonchev–Trinajstić information content (AvgIpc) is 3.02. The molecular formula is C14H16ClN3O3. The molecule has 21 heavy (non-hydrogen) atoms. The van der Waals surface area contributed by atoms with Crippen LogP contribution in [0.1, 0.15) is 10.5 Å². The third-order valence-electron chi connectivity index (χ3n) is 2.84. The van der Waals surface area contributed by atoms with Crippen LogP contribution < -0.4 is 5.32 Å². The van der Waals surface area contributed by atoms with Crippen LogP contribution in [0.2, 0.25) is 0 Å². The summed E-state index contributed by atoms with van der Waals surface area (Å²) < 4.78 is 6.20. The predicted molar refractivity (Wildman–Crippen MR) is 80.1 cm³/mol. The molecule has 112 valence electrons. The van der Waals surface area contributed by atoms with Gasteiger partial charge < -0.3 is 15.2 Å². The Morgan fingerprint density at radius 2 is 2.14 bits per heavy atom. The smallest absolute Gasteiger partial charge is 0.358 e. The standard InChI is InChI=1S/C14H16ClN3O3/c1-21-14(20)13-6-7-18(17-13)11-4-2-10(3-5-11)16-9-12(19)8-15/h2-7,12,16,19H,8-9H2,1H3. The first-order chi connectivity index (χ1) is 10.1. The fraction of sp³-hybridized carbons (Fsp3) is 0.286. The predicted octanol–water partition coefficient (Wildman–Crippen LogP) is 1.67. The SMILES string of the molecule is COC(=O)c1ccn(-c2ccc(NCC(O)CCl)cc2)n1. The number of hydrogen-bond acceptors (Lipinski definition) is 5. The van der Waals surface area contributed by atoms with E-state index in [0.717, 1.165) is 11.4 Å². The number of aromatic nitrogens is 2. The zero-order valence-corrected chi connectivity index (χ0v) is 12.2. The second kappa shape index (κ2) is 7.10. The molecule has 0 amide bonds. The highest BCUT2D eigenvalue weighted by Crippen LogP contribution is 2.13. The van der Waals surface area contributed by atoms with Gasteiger partial charge in [0.05, 0.1) is 24.8 Å². The van der Waals surface area contributed by atoms with Gasteiger partial charge in [-0.25, -0.2) is 9.48 Å². The maximum absolute atomic E-state index is 11.3. The number of esters is 1. The van der Waals surface area contributed by atoms with Crippen molar-refractivity contribution in [2.24, 2.45) is 0 Å². The van der Waals surface area contributed by atoms with E-state index < -0.39 is 12.1 Å². The van der Waals surface area contributed by atoms with Gasteiger partial charge in [-0.2, -0.15) is 5.10 Å². The summed E-state index contributed by atoms with van der Waals surface area (Å²) in [5, 5.41) is 16.6. The van der Waals surface area contributed by atoms with E-state index in [4.69, 9.17) is 11.6 Å². The normalized spacial score (nSPS) is 12.0. The lowest BCUT2D eigenvalue weighted by Crippen LogP contribution is -2.20. The Labute approximate surface area is 127 Å². The minimum absolute atomic E-state index is 0.189. The summed E-state index contributed by atoms with van der Waals surface area (Å²) >= 11 is 5.52. The molecule has 0 aliphatic heterocycles. The number of rotatable bonds is 6. The van der Waals surface area contributed by atoms with Crippen LogP contribution in [-0.2, 0) is 4.74 Å². The van der Waals surface area contributed by atoms with Crippen molar-refractivity contribution < 1.29 is 14.6 Å². The van der Waals surface area contributed by atoms with E-state index in [1.54, 1.807) is 16.9 Å². The lowest BCUT2D eigenvalue weighted by molar-refractivity contribution is 0.0593. The topological polar surface area (TPSA) is 76.4 Å². The molecule has 2 aromatic rings. The number of carbonyl (C=O) groups is 1. The molecule has 0 aliphatic rings. The van der Waals surface area contributed by atoms with Gasteiger partial charge in [-0.05, 0) is 30.3 Å². The number of halogens is 1. The molecule has 0 saturated carbocycles. The Hall–Kier alpha value is -2.05. The second-order valence-electron chi connectivity index (χ2n) is 4.37. The number of methoxy groups -OCH3 is 1. The summed E-state index contributed by atoms with van der Waals surface area (Å²) in [4.78, 5) is 11.3. The fourth-order valence-corrected chi connectivity index (χ4v) is 1.81. The Kier molecular flexibility index (Phi) is 5.19. The number of nitrogens with zero attached hydrogens (tertiary/aromatic N) is 2. The van der Waals surface area contributed by atoms with Crippen LogP contribution in [0.15, 0.2) is 36.5 Å². The van der Waals surface area contributed by atoms with Crippen molar-refractivity contribution in [3.63, 3.8) is 0 Å². The number of benzene rings is 1. The fourth-order valence-electron chi connectivity index (χ4n) is 1.70. The number of aliphatic hydroxyl groups excluding tert-OH is 1. The Morgan fingerprint density at radius 1 is 1.43 bits per heavy atom. The molecule has 1 atom stereocenters. The van der Waals surface area contributed by atoms with Gasteiger partial charge in [0.2, 0.25) is 0 Å². The van der Waals surface area contributed by atoms with Gasteiger partial charge in [0.15, 0.2) is 5.69 Å². The molecule has 0 fully saturated rings. The molecule has 0 radical (unpaired) electrons. The van der Waals surface area contributed by atoms with Gasteiger partial charge in [0.1, 0.15) is 0 Å². The number of hydrogen-bond donors (Lipinski definition) is 2. The maximum Gasteiger partial charge on any atom is 0.358 e. The number of nitrogens with one attached hydrogen (secondary N) is 1. The monoisotopic (exact) mass is 309 g/mol. The van der Waals surface area contributed by atoms with Crippen molar-refractivity contribution in [2.45, 2.75) is 6.10 Å². The summed E-state index contributed by atoms with van der Waals surface area (Å²) in [7, 11) is 1.32. The van der Waals surface area contributed by atoms with Gasteiger partial charge >= 0.3 is 5.97 Å². The Balaban J connectivity index is 2.05. The third kappa shape index (κ3) is 3.96. The molecule has 2 N–H and O–H groups in total. The minimum atomic E-state index is -0.583. The van der Waals surface area contributed by atoms with Crippen molar-refractivity contribution in [1.82, 2.24) is 9.78 Å². The molecule has 0 spiro atoms. The summed E-state index contributed by atoms with van der Waals surface area (Å²) in [6.45, 7) is 0.386. The van der Waals surface area contributed by atoms with Crippen LogP contribution in [0.4, 0.5) is 5.69 Å². The van der Waals surface area contributed by atoms with E-state index in [1.165, 1.54) is 7.11 Å². The van der Waals surface area contributed by atoms with Gasteiger partial charge in [-0.1, -0.05) is 0 Å². The summed E-state index contributed by atoms with van der Waals surface area (Å²) in [6, 6.07) is 9.01. The zero-order chi connectivity index (χ0) is 15.2. The highest BCUT2D eigenvalue weighted by atomic mass is 35.5. The van der Waals surface area contributed by atoms with Gasteiger partial charge in [0, 0.05) is 18.4 Å². The summed E-state index contributed by atoms with van der Waals surface area (Å²) in [5.74, 6) is -0.281. The van der Waals surface area contributed by atoms with E-state index in [-0.39, 0.29) is 11.6 Å². The number of alkyl halides is 1. The Bertz CT molecular complexity index is 598. The van der Waals surface area contributed by atoms with Crippen LogP contribution in [0.5, 0.6) is 0 Å². The Morgan fingerprint density at radius 3 is 2.76 bits per heavy atom. The average molecular weight is 310 g/mol. The quantitative estimate of drug-likeness (QED) is 0.627. The maximum atomic E-state index is 11.3. The molecule has 0 aliphatic carbocycles. The van der Waals surface area contributed by atoms with Crippen molar-refractivity contribution in [3.05, 3.63) is 42.2 Å². The van der Waals surface area contributed by atoms with Crippen LogP contribution in [-0.4, -0.2) is 46.5 Å². The number of aliphatic hydroxyl groups is 1. The van der Waals surface area contributed by atoms with E-state index in [1.807, 2.05) is 24.3 Å². The molecule has 7 heteroatoms. The van der Waals surface area contributed by atoms with Crippen molar-refractivity contribution in [3.8, 4) is 5.69 Å². The molecule has 2 rings (SSSR count). The lowest BCUT2D eigenvalue weighted by Gasteiger charge is -2.10. The number of ether oxygens (including phenoxy) is 1. The molecule has 0 bridgehead atoms. The largest absolute Gasteiger partial charge is 0.464 e. The van der Waals surface area contributed by atoms with Crippen LogP contribution in [0.3, 0.4) is 0 Å². The summed E-state index contributed by atoms with van der Waals surface area (Å²) in [5.41, 5.74) is 1.93. The molecule has 6 nitrogen and oxygen atoms in total. The third-order valence-corrected chi connectivity index (χ3v) is 3.19. The van der Waals surface area contributed by atoms with Crippen molar-refractivity contribution in [2.75, 3.05) is 24.9 Å². The molecule has 1 unspecified atom stereocenters. The number of carbonyl (C=O) groups excluding carboxylic acids is 1. The second-order valence-corrected chi connectivity index (χ2v) is 4.68. The van der Waals surface area contributed by atoms with Crippen LogP contribution >= 0.6 is 11.6 Å². The van der Waals surface area contributed by atoms with Crippen molar-refractivity contribution >= 4 is 23.3 Å². The summed E-state index contributed by atoms with van der Waals surface area (Å²) in [6.07, 6.45) is 1.10. The minimum Gasteiger partial charge on any atom is -0.464 e. The molecular weight excluding hydrogens is 294 g/mol. The van der Waals surface area contributed by atoms with E-state index in [2.05, 4.69) is 15.2 Å². The molecule has 0 saturated heterocycles. The first-order valence-electron chi connectivity index (χ1n) is 6.36. The highest BCUT2D eigenvalue weighted by Gasteiger charge is 2.09. The van der Waals surface area contributed by atoms with Gasteiger partial charge in [0.25, 0.3) is 0 Å². The molecule has 1 heterocycles. The first kappa shape index (κ1) is 15.3. The van der Waals surface area contributed by atoms with Crippen LogP contribution in [0.25, 0.3) is 5.69 Å². The van der Waals surface area contributed by atoms with E-state index in [9.17, 15) is 9.90 Å². The van der Waals surface area contributed by atoms with Gasteiger partial charge in [-0.3, -0.25) is 0 Å². The van der Waals surface area contributed by atoms with E-state index in [0.29, 0.717) is 6.54 Å². The highest BCUT2D eigenvalue weighted by molar-refractivity contribution is 6.18. The lowest BCUT2D eigenvalue weighted by atomic mass is 10.2. The van der Waals surface area contributed by atoms with Crippen molar-refractivity contribution in [1.29, 1.82) is 0 Å². The van der Waals surface area contributed by atoms with Crippen LogP contribution in [0, 0.1) is 0 Å². The molecule has 1 aromatic carbocycles. The number of anilines is 1.